The zero-order valence-corrected chi connectivity index (χ0v) is 13.3. The molecule has 2 rings (SSSR count). The summed E-state index contributed by atoms with van der Waals surface area (Å²) < 4.78 is 1.50. The van der Waals surface area contributed by atoms with Crippen molar-refractivity contribution in [2.24, 2.45) is 0 Å². The van der Waals surface area contributed by atoms with Gasteiger partial charge in [0.25, 0.3) is 5.56 Å². The summed E-state index contributed by atoms with van der Waals surface area (Å²) in [6.07, 6.45) is 0. The standard InChI is InChI=1S/C11H6BrCl3N2O2/c1-4-9(15)16-11(19)17(10(4)18)8-6(13)2-5(12)3-7(8)14/h2-3H,1H3,(H,16,19). The van der Waals surface area contributed by atoms with Crippen LogP contribution in [0.1, 0.15) is 5.56 Å². The van der Waals surface area contributed by atoms with E-state index in [1.807, 2.05) is 0 Å². The minimum Gasteiger partial charge on any atom is -0.297 e. The first kappa shape index (κ1) is 14.7. The molecule has 0 atom stereocenters. The van der Waals surface area contributed by atoms with Crippen LogP contribution in [-0.2, 0) is 0 Å². The largest absolute Gasteiger partial charge is 0.334 e. The molecule has 0 aliphatic rings. The molecule has 0 saturated carbocycles. The second-order valence-corrected chi connectivity index (χ2v) is 5.84. The molecule has 0 aliphatic carbocycles. The van der Waals surface area contributed by atoms with E-state index in [2.05, 4.69) is 20.9 Å². The summed E-state index contributed by atoms with van der Waals surface area (Å²) >= 11 is 21.1. The van der Waals surface area contributed by atoms with Crippen molar-refractivity contribution in [3.63, 3.8) is 0 Å². The minimum absolute atomic E-state index is 0.00407. The Labute approximate surface area is 131 Å². The van der Waals surface area contributed by atoms with Crippen LogP contribution in [-0.4, -0.2) is 9.55 Å². The zero-order chi connectivity index (χ0) is 14.3. The summed E-state index contributed by atoms with van der Waals surface area (Å²) in [6, 6.07) is 3.08. The fraction of sp³-hybridized carbons (Fsp3) is 0.0909. The number of hydrogen-bond donors (Lipinski definition) is 1. The molecule has 0 radical (unpaired) electrons. The van der Waals surface area contributed by atoms with Gasteiger partial charge in [-0.2, -0.15) is 0 Å². The van der Waals surface area contributed by atoms with E-state index in [0.717, 1.165) is 4.57 Å². The fourth-order valence-electron chi connectivity index (χ4n) is 1.55. The van der Waals surface area contributed by atoms with Gasteiger partial charge in [-0.25, -0.2) is 9.36 Å². The van der Waals surface area contributed by atoms with Crippen LogP contribution >= 0.6 is 50.7 Å². The second kappa shape index (κ2) is 5.32. The molecular weight excluding hydrogens is 378 g/mol. The molecule has 1 aromatic carbocycles. The number of hydrogen-bond acceptors (Lipinski definition) is 2. The number of aromatic nitrogens is 2. The SMILES string of the molecule is Cc1c(Cl)[nH]c(=O)n(-c2c(Cl)cc(Br)cc2Cl)c1=O. The molecule has 0 unspecified atom stereocenters. The quantitative estimate of drug-likeness (QED) is 0.765. The van der Waals surface area contributed by atoms with Crippen molar-refractivity contribution >= 4 is 50.7 Å². The molecule has 0 spiro atoms. The van der Waals surface area contributed by atoms with Gasteiger partial charge in [-0.1, -0.05) is 50.7 Å². The highest BCUT2D eigenvalue weighted by molar-refractivity contribution is 9.10. The molecular formula is C11H6BrCl3N2O2. The van der Waals surface area contributed by atoms with Crippen molar-refractivity contribution in [3.8, 4) is 5.69 Å². The lowest BCUT2D eigenvalue weighted by atomic mass is 10.3. The number of benzene rings is 1. The minimum atomic E-state index is -0.702. The molecule has 4 nitrogen and oxygen atoms in total. The van der Waals surface area contributed by atoms with Crippen molar-refractivity contribution in [2.45, 2.75) is 6.92 Å². The number of halogens is 4. The molecule has 0 aliphatic heterocycles. The van der Waals surface area contributed by atoms with Gasteiger partial charge < -0.3 is 0 Å². The van der Waals surface area contributed by atoms with Crippen molar-refractivity contribution in [3.05, 3.63) is 58.2 Å². The Kier molecular flexibility index (Phi) is 4.11. The Bertz CT molecular complexity index is 759. The lowest BCUT2D eigenvalue weighted by Gasteiger charge is -2.10. The third kappa shape index (κ3) is 2.60. The van der Waals surface area contributed by atoms with Crippen molar-refractivity contribution in [1.82, 2.24) is 9.55 Å². The van der Waals surface area contributed by atoms with Crippen LogP contribution < -0.4 is 11.2 Å². The Balaban J connectivity index is 2.93. The number of nitrogens with zero attached hydrogens (tertiary/aromatic N) is 1. The van der Waals surface area contributed by atoms with E-state index in [1.54, 1.807) is 12.1 Å². The van der Waals surface area contributed by atoms with Crippen molar-refractivity contribution in [1.29, 1.82) is 0 Å². The summed E-state index contributed by atoms with van der Waals surface area (Å²) in [5.74, 6) is 0. The Morgan fingerprint density at radius 3 is 2.21 bits per heavy atom. The highest BCUT2D eigenvalue weighted by Crippen LogP contribution is 2.31. The van der Waals surface area contributed by atoms with E-state index in [4.69, 9.17) is 34.8 Å². The summed E-state index contributed by atoms with van der Waals surface area (Å²) in [5, 5.41) is 0.345. The van der Waals surface area contributed by atoms with Gasteiger partial charge in [0.2, 0.25) is 0 Å². The van der Waals surface area contributed by atoms with Crippen LogP contribution in [0.4, 0.5) is 0 Å². The van der Waals surface area contributed by atoms with Crippen molar-refractivity contribution < 1.29 is 0 Å². The number of H-pyrrole nitrogens is 1. The summed E-state index contributed by atoms with van der Waals surface area (Å²) in [5.41, 5.74) is -0.944. The van der Waals surface area contributed by atoms with E-state index in [9.17, 15) is 9.59 Å². The molecule has 0 saturated heterocycles. The highest BCUT2D eigenvalue weighted by atomic mass is 79.9. The number of nitrogens with one attached hydrogen (secondary N) is 1. The summed E-state index contributed by atoms with van der Waals surface area (Å²) in [4.78, 5) is 26.4. The van der Waals surface area contributed by atoms with Gasteiger partial charge in [0.15, 0.2) is 0 Å². The molecule has 1 N–H and O–H groups in total. The molecule has 8 heteroatoms. The normalized spacial score (nSPS) is 10.8. The Morgan fingerprint density at radius 1 is 1.16 bits per heavy atom. The smallest absolute Gasteiger partial charge is 0.297 e. The van der Waals surface area contributed by atoms with Crippen LogP contribution in [0.5, 0.6) is 0 Å². The average Bonchev–Trinajstić information content (AvgIpc) is 2.29. The van der Waals surface area contributed by atoms with E-state index >= 15 is 0 Å². The third-order valence-corrected chi connectivity index (χ3v) is 3.89. The van der Waals surface area contributed by atoms with Crippen LogP contribution in [0.15, 0.2) is 26.2 Å². The third-order valence-electron chi connectivity index (χ3n) is 2.48. The van der Waals surface area contributed by atoms with E-state index < -0.39 is 11.2 Å². The van der Waals surface area contributed by atoms with Gasteiger partial charge in [0, 0.05) is 4.47 Å². The molecule has 1 aromatic heterocycles. The molecule has 1 heterocycles. The Morgan fingerprint density at radius 2 is 1.68 bits per heavy atom. The maximum Gasteiger partial charge on any atom is 0.334 e. The molecule has 0 amide bonds. The van der Waals surface area contributed by atoms with Crippen molar-refractivity contribution in [2.75, 3.05) is 0 Å². The van der Waals surface area contributed by atoms with Crippen LogP contribution in [0.25, 0.3) is 5.69 Å². The molecule has 19 heavy (non-hydrogen) atoms. The summed E-state index contributed by atoms with van der Waals surface area (Å²) in [7, 11) is 0. The highest BCUT2D eigenvalue weighted by Gasteiger charge is 2.16. The van der Waals surface area contributed by atoms with Crippen LogP contribution in [0, 0.1) is 6.92 Å². The van der Waals surface area contributed by atoms with Crippen LogP contribution in [0.3, 0.4) is 0 Å². The Hall–Kier alpha value is -0.750. The zero-order valence-electron chi connectivity index (χ0n) is 9.43. The number of rotatable bonds is 1. The van der Waals surface area contributed by atoms with E-state index in [1.165, 1.54) is 6.92 Å². The first-order valence-electron chi connectivity index (χ1n) is 4.99. The van der Waals surface area contributed by atoms with Gasteiger partial charge in [-0.15, -0.1) is 0 Å². The van der Waals surface area contributed by atoms with E-state index in [0.29, 0.717) is 4.47 Å². The maximum atomic E-state index is 12.1. The molecule has 100 valence electrons. The monoisotopic (exact) mass is 382 g/mol. The first-order chi connectivity index (χ1) is 8.82. The molecule has 0 bridgehead atoms. The first-order valence-corrected chi connectivity index (χ1v) is 6.92. The predicted molar refractivity (Wildman–Crippen MR) is 80.1 cm³/mol. The lowest BCUT2D eigenvalue weighted by molar-refractivity contribution is 0.860. The van der Waals surface area contributed by atoms with Gasteiger partial charge in [-0.05, 0) is 19.1 Å². The predicted octanol–water partition coefficient (Wildman–Crippen LogP) is 3.56. The summed E-state index contributed by atoms with van der Waals surface area (Å²) in [6.45, 7) is 1.50. The fourth-order valence-corrected chi connectivity index (χ4v) is 3.09. The van der Waals surface area contributed by atoms with Gasteiger partial charge in [-0.3, -0.25) is 9.78 Å². The van der Waals surface area contributed by atoms with Gasteiger partial charge in [0.05, 0.1) is 21.3 Å². The number of aromatic amines is 1. The lowest BCUT2D eigenvalue weighted by Crippen LogP contribution is -2.35. The average molecular weight is 384 g/mol. The van der Waals surface area contributed by atoms with Gasteiger partial charge in [0.1, 0.15) is 5.15 Å². The topological polar surface area (TPSA) is 54.9 Å². The van der Waals surface area contributed by atoms with Gasteiger partial charge >= 0.3 is 5.69 Å². The molecule has 2 aromatic rings. The van der Waals surface area contributed by atoms with E-state index in [-0.39, 0.29) is 26.4 Å². The van der Waals surface area contributed by atoms with Crippen LogP contribution in [0.2, 0.25) is 15.2 Å². The maximum absolute atomic E-state index is 12.1. The molecule has 0 fully saturated rings. The second-order valence-electron chi connectivity index (χ2n) is 3.73.